The van der Waals surface area contributed by atoms with Crippen LogP contribution in [-0.4, -0.2) is 26.2 Å². The number of fused-ring (bicyclic) bond motifs is 2. The minimum absolute atomic E-state index is 0.148. The Morgan fingerprint density at radius 3 is 1.80 bits per heavy atom. The second-order valence-corrected chi connectivity index (χ2v) is 6.02. The van der Waals surface area contributed by atoms with Crippen molar-refractivity contribution in [1.29, 1.82) is 0 Å². The largest absolute Gasteiger partial charge is 0.303 e. The van der Waals surface area contributed by atoms with E-state index in [1.807, 2.05) is 55.5 Å². The number of hydrogen-bond donors (Lipinski definition) is 0. The van der Waals surface area contributed by atoms with Crippen LogP contribution < -0.4 is 0 Å². The summed E-state index contributed by atoms with van der Waals surface area (Å²) in [4.78, 5) is 29.9. The zero-order valence-corrected chi connectivity index (χ0v) is 13.7. The predicted octanol–water partition coefficient (Wildman–Crippen LogP) is 3.66. The molecular weight excluding hydrogens is 312 g/mol. The zero-order valence-electron chi connectivity index (χ0n) is 13.7. The van der Waals surface area contributed by atoms with Gasteiger partial charge in [-0.1, -0.05) is 31.2 Å². The Kier molecular flexibility index (Phi) is 3.90. The molecule has 25 heavy (non-hydrogen) atoms. The first-order valence-electron chi connectivity index (χ1n) is 8.15. The van der Waals surface area contributed by atoms with E-state index < -0.39 is 5.92 Å². The number of carbonyl (C=O) groups is 1. The molecule has 0 bridgehead atoms. The maximum absolute atomic E-state index is 11.8. The fourth-order valence-corrected chi connectivity index (χ4v) is 2.95. The molecule has 5 heteroatoms. The van der Waals surface area contributed by atoms with E-state index in [1.54, 1.807) is 12.4 Å². The van der Waals surface area contributed by atoms with Gasteiger partial charge in [0, 0.05) is 18.3 Å². The van der Waals surface area contributed by atoms with Gasteiger partial charge in [0.05, 0.1) is 39.4 Å². The van der Waals surface area contributed by atoms with Crippen LogP contribution in [0.25, 0.3) is 22.1 Å². The molecule has 0 aliphatic carbocycles. The van der Waals surface area contributed by atoms with Crippen molar-refractivity contribution in [3.8, 4) is 0 Å². The maximum atomic E-state index is 11.8. The molecule has 0 fully saturated rings. The SMILES string of the molecule is CC(c1cnc2ccccc2n1)C(C=O)c1cnc2ccccc2n1. The normalized spacial score (nSPS) is 13.6. The molecule has 5 nitrogen and oxygen atoms in total. The first-order chi connectivity index (χ1) is 12.3. The van der Waals surface area contributed by atoms with Gasteiger partial charge in [0.1, 0.15) is 6.29 Å². The van der Waals surface area contributed by atoms with E-state index in [2.05, 4.69) is 19.9 Å². The lowest BCUT2D eigenvalue weighted by molar-refractivity contribution is -0.109. The van der Waals surface area contributed by atoms with E-state index >= 15 is 0 Å². The van der Waals surface area contributed by atoms with E-state index in [0.29, 0.717) is 5.69 Å². The third-order valence-corrected chi connectivity index (χ3v) is 4.43. The number of para-hydroxylation sites is 4. The highest BCUT2D eigenvalue weighted by atomic mass is 16.1. The van der Waals surface area contributed by atoms with Crippen LogP contribution in [0, 0.1) is 0 Å². The van der Waals surface area contributed by atoms with Gasteiger partial charge < -0.3 is 4.79 Å². The molecule has 122 valence electrons. The average molecular weight is 328 g/mol. The van der Waals surface area contributed by atoms with Crippen LogP contribution in [0.2, 0.25) is 0 Å². The molecule has 0 radical (unpaired) electrons. The van der Waals surface area contributed by atoms with Gasteiger partial charge in [0.15, 0.2) is 0 Å². The van der Waals surface area contributed by atoms with Crippen molar-refractivity contribution < 1.29 is 4.79 Å². The number of hydrogen-bond acceptors (Lipinski definition) is 5. The Morgan fingerprint density at radius 2 is 1.24 bits per heavy atom. The van der Waals surface area contributed by atoms with Gasteiger partial charge in [-0.05, 0) is 24.3 Å². The van der Waals surface area contributed by atoms with Gasteiger partial charge in [-0.3, -0.25) is 9.97 Å². The Hall–Kier alpha value is -3.21. The fraction of sp³-hybridized carbons (Fsp3) is 0.150. The molecule has 2 aromatic carbocycles. The summed E-state index contributed by atoms with van der Waals surface area (Å²) in [5, 5.41) is 0. The highest BCUT2D eigenvalue weighted by molar-refractivity contribution is 5.75. The highest BCUT2D eigenvalue weighted by Crippen LogP contribution is 2.30. The van der Waals surface area contributed by atoms with Crippen LogP contribution in [0.15, 0.2) is 60.9 Å². The number of aldehydes is 1. The Balaban J connectivity index is 1.73. The number of nitrogens with zero attached hydrogens (tertiary/aromatic N) is 4. The smallest absolute Gasteiger partial charge is 0.129 e. The molecular formula is C20H16N4O. The molecule has 0 saturated heterocycles. The van der Waals surface area contributed by atoms with E-state index in [1.165, 1.54) is 0 Å². The third kappa shape index (κ3) is 2.85. The van der Waals surface area contributed by atoms with Crippen LogP contribution in [0.4, 0.5) is 0 Å². The number of benzene rings is 2. The van der Waals surface area contributed by atoms with Crippen molar-refractivity contribution in [2.24, 2.45) is 0 Å². The van der Waals surface area contributed by atoms with Crippen molar-refractivity contribution in [2.75, 3.05) is 0 Å². The Labute approximate surface area is 144 Å². The van der Waals surface area contributed by atoms with E-state index in [-0.39, 0.29) is 5.92 Å². The fourth-order valence-electron chi connectivity index (χ4n) is 2.95. The van der Waals surface area contributed by atoms with E-state index in [0.717, 1.165) is 34.0 Å². The topological polar surface area (TPSA) is 68.6 Å². The van der Waals surface area contributed by atoms with Gasteiger partial charge in [0.25, 0.3) is 0 Å². The second kappa shape index (κ2) is 6.36. The summed E-state index contributed by atoms with van der Waals surface area (Å²) in [7, 11) is 0. The summed E-state index contributed by atoms with van der Waals surface area (Å²) in [6, 6.07) is 15.3. The summed E-state index contributed by atoms with van der Waals surface area (Å²) in [6.45, 7) is 1.97. The molecule has 2 heterocycles. The van der Waals surface area contributed by atoms with E-state index in [4.69, 9.17) is 0 Å². The van der Waals surface area contributed by atoms with Crippen LogP contribution in [0.1, 0.15) is 30.1 Å². The van der Waals surface area contributed by atoms with Crippen LogP contribution in [0.5, 0.6) is 0 Å². The highest BCUT2D eigenvalue weighted by Gasteiger charge is 2.24. The first kappa shape index (κ1) is 15.3. The van der Waals surface area contributed by atoms with Crippen molar-refractivity contribution >= 4 is 28.4 Å². The number of carbonyl (C=O) groups excluding carboxylic acids is 1. The molecule has 4 aromatic rings. The molecule has 0 aliphatic heterocycles. The average Bonchev–Trinajstić information content (AvgIpc) is 2.68. The van der Waals surface area contributed by atoms with Gasteiger partial charge in [-0.15, -0.1) is 0 Å². The zero-order chi connectivity index (χ0) is 17.2. The number of rotatable bonds is 4. The van der Waals surface area contributed by atoms with Crippen molar-refractivity contribution in [2.45, 2.75) is 18.8 Å². The van der Waals surface area contributed by atoms with Crippen LogP contribution in [0.3, 0.4) is 0 Å². The summed E-state index contributed by atoms with van der Waals surface area (Å²) >= 11 is 0. The van der Waals surface area contributed by atoms with Crippen molar-refractivity contribution in [3.63, 3.8) is 0 Å². The first-order valence-corrected chi connectivity index (χ1v) is 8.15. The summed E-state index contributed by atoms with van der Waals surface area (Å²) < 4.78 is 0. The molecule has 0 aliphatic rings. The lowest BCUT2D eigenvalue weighted by atomic mass is 9.90. The van der Waals surface area contributed by atoms with Crippen LogP contribution >= 0.6 is 0 Å². The number of aromatic nitrogens is 4. The van der Waals surface area contributed by atoms with Crippen LogP contribution in [-0.2, 0) is 4.79 Å². The summed E-state index contributed by atoms with van der Waals surface area (Å²) in [6.07, 6.45) is 4.32. The molecule has 2 aromatic heterocycles. The van der Waals surface area contributed by atoms with Gasteiger partial charge >= 0.3 is 0 Å². The monoisotopic (exact) mass is 328 g/mol. The molecule has 0 saturated carbocycles. The molecule has 2 atom stereocenters. The minimum atomic E-state index is -0.424. The predicted molar refractivity (Wildman–Crippen MR) is 96.3 cm³/mol. The molecule has 4 rings (SSSR count). The lowest BCUT2D eigenvalue weighted by Gasteiger charge is -2.18. The maximum Gasteiger partial charge on any atom is 0.129 e. The standard InChI is InChI=1S/C20H16N4O/c1-13(19-10-21-15-6-2-4-8-17(15)23-19)14(12-25)20-11-22-16-7-3-5-9-18(16)24-20/h2-14H,1H3. The summed E-state index contributed by atoms with van der Waals surface area (Å²) in [5.74, 6) is -0.572. The van der Waals surface area contributed by atoms with Crippen molar-refractivity contribution in [1.82, 2.24) is 19.9 Å². The lowest BCUT2D eigenvalue weighted by Crippen LogP contribution is -2.13. The second-order valence-electron chi connectivity index (χ2n) is 6.02. The minimum Gasteiger partial charge on any atom is -0.303 e. The van der Waals surface area contributed by atoms with Gasteiger partial charge in [0.2, 0.25) is 0 Å². The Bertz CT molecular complexity index is 1060. The van der Waals surface area contributed by atoms with Gasteiger partial charge in [-0.25, -0.2) is 9.97 Å². The molecule has 0 amide bonds. The summed E-state index contributed by atoms with van der Waals surface area (Å²) in [5.41, 5.74) is 4.67. The van der Waals surface area contributed by atoms with Crippen molar-refractivity contribution in [3.05, 3.63) is 72.3 Å². The molecule has 0 spiro atoms. The Morgan fingerprint density at radius 1 is 0.760 bits per heavy atom. The molecule has 0 N–H and O–H groups in total. The quantitative estimate of drug-likeness (QED) is 0.535. The van der Waals surface area contributed by atoms with Gasteiger partial charge in [-0.2, -0.15) is 0 Å². The van der Waals surface area contributed by atoms with E-state index in [9.17, 15) is 4.79 Å². The third-order valence-electron chi connectivity index (χ3n) is 4.43. The molecule has 2 unspecified atom stereocenters.